The molecule has 3 amide bonds. The molecular formula is C15H26N4O3S. The molecule has 130 valence electrons. The minimum atomic E-state index is -0.627. The lowest BCUT2D eigenvalue weighted by Gasteiger charge is -2.35. The van der Waals surface area contributed by atoms with Gasteiger partial charge in [0.15, 0.2) is 5.13 Å². The number of urea groups is 1. The van der Waals surface area contributed by atoms with E-state index in [0.717, 1.165) is 0 Å². The molecule has 8 heteroatoms. The van der Waals surface area contributed by atoms with Crippen molar-refractivity contribution in [1.29, 1.82) is 0 Å². The van der Waals surface area contributed by atoms with E-state index >= 15 is 0 Å². The molecular weight excluding hydrogens is 316 g/mol. The molecule has 0 aliphatic carbocycles. The molecule has 1 aromatic heterocycles. The first-order valence-corrected chi connectivity index (χ1v) is 8.35. The summed E-state index contributed by atoms with van der Waals surface area (Å²) in [5.74, 6) is 0.0967. The Morgan fingerprint density at radius 1 is 1.30 bits per heavy atom. The Hall–Kier alpha value is -1.83. The molecule has 1 aromatic rings. The van der Waals surface area contributed by atoms with Gasteiger partial charge in [-0.25, -0.2) is 14.6 Å². The summed E-state index contributed by atoms with van der Waals surface area (Å²) in [6, 6.07) is -0.359. The molecule has 0 aromatic carbocycles. The van der Waals surface area contributed by atoms with Crippen molar-refractivity contribution in [3.05, 3.63) is 11.6 Å². The Morgan fingerprint density at radius 3 is 2.43 bits per heavy atom. The summed E-state index contributed by atoms with van der Waals surface area (Å²) in [7, 11) is 0. The molecule has 0 fully saturated rings. The monoisotopic (exact) mass is 342 g/mol. The first kappa shape index (κ1) is 19.2. The number of carbonyl (C=O) groups is 2. The summed E-state index contributed by atoms with van der Waals surface area (Å²) in [5.41, 5.74) is -1.19. The van der Waals surface area contributed by atoms with E-state index < -0.39 is 17.2 Å². The lowest BCUT2D eigenvalue weighted by molar-refractivity contribution is 0.0505. The Balaban J connectivity index is 2.60. The van der Waals surface area contributed by atoms with Crippen LogP contribution in [0.15, 0.2) is 11.6 Å². The summed E-state index contributed by atoms with van der Waals surface area (Å²) in [6.07, 6.45) is 1.11. The standard InChI is InChI=1S/C15H26N4O3S/c1-10(2)15(6,9-17-13(21)22-14(3,4)5)19-11(20)18-12-16-7-8-23-12/h7-8,10H,9H2,1-6H3,(H,17,21)(H2,16,18,19,20). The second-order valence-corrected chi connectivity index (χ2v) is 7.74. The molecule has 1 heterocycles. The van der Waals surface area contributed by atoms with Crippen molar-refractivity contribution in [2.24, 2.45) is 5.92 Å². The summed E-state index contributed by atoms with van der Waals surface area (Å²) in [5, 5.41) is 10.6. The highest BCUT2D eigenvalue weighted by atomic mass is 32.1. The van der Waals surface area contributed by atoms with Crippen molar-refractivity contribution < 1.29 is 14.3 Å². The smallest absolute Gasteiger partial charge is 0.407 e. The van der Waals surface area contributed by atoms with Gasteiger partial charge in [0.25, 0.3) is 0 Å². The van der Waals surface area contributed by atoms with Gasteiger partial charge in [-0.2, -0.15) is 0 Å². The van der Waals surface area contributed by atoms with E-state index in [9.17, 15) is 9.59 Å². The SMILES string of the molecule is CC(C)C(C)(CNC(=O)OC(C)(C)C)NC(=O)Nc1nccs1. The molecule has 0 radical (unpaired) electrons. The summed E-state index contributed by atoms with van der Waals surface area (Å²) in [6.45, 7) is 11.5. The van der Waals surface area contributed by atoms with Gasteiger partial charge in [-0.1, -0.05) is 13.8 Å². The zero-order valence-corrected chi connectivity index (χ0v) is 15.3. The van der Waals surface area contributed by atoms with Crippen LogP contribution in [0.4, 0.5) is 14.7 Å². The van der Waals surface area contributed by atoms with Crippen LogP contribution in [0.2, 0.25) is 0 Å². The van der Waals surface area contributed by atoms with Crippen LogP contribution in [-0.4, -0.2) is 34.8 Å². The number of nitrogens with one attached hydrogen (secondary N) is 3. The number of amides is 3. The van der Waals surface area contributed by atoms with Crippen molar-refractivity contribution in [3.63, 3.8) is 0 Å². The van der Waals surface area contributed by atoms with E-state index in [2.05, 4.69) is 20.9 Å². The van der Waals surface area contributed by atoms with E-state index in [1.165, 1.54) is 11.3 Å². The maximum atomic E-state index is 12.1. The highest BCUT2D eigenvalue weighted by Crippen LogP contribution is 2.17. The molecule has 0 spiro atoms. The first-order chi connectivity index (χ1) is 10.5. The third-order valence-electron chi connectivity index (χ3n) is 3.32. The number of carbonyl (C=O) groups excluding carboxylic acids is 2. The Morgan fingerprint density at radius 2 is 1.96 bits per heavy atom. The van der Waals surface area contributed by atoms with Crippen molar-refractivity contribution in [2.75, 3.05) is 11.9 Å². The highest BCUT2D eigenvalue weighted by molar-refractivity contribution is 7.13. The van der Waals surface area contributed by atoms with Gasteiger partial charge >= 0.3 is 12.1 Å². The zero-order chi connectivity index (χ0) is 17.7. The predicted octanol–water partition coefficient (Wildman–Crippen LogP) is 3.20. The fraction of sp³-hybridized carbons (Fsp3) is 0.667. The predicted molar refractivity (Wildman–Crippen MR) is 91.7 cm³/mol. The number of nitrogens with zero attached hydrogens (tertiary/aromatic N) is 1. The third-order valence-corrected chi connectivity index (χ3v) is 4.01. The van der Waals surface area contributed by atoms with E-state index in [4.69, 9.17) is 4.74 Å². The number of anilines is 1. The Labute approximate surface area is 141 Å². The number of alkyl carbamates (subject to hydrolysis) is 1. The molecule has 23 heavy (non-hydrogen) atoms. The van der Waals surface area contributed by atoms with Gasteiger partial charge in [-0.15, -0.1) is 11.3 Å². The van der Waals surface area contributed by atoms with E-state index in [0.29, 0.717) is 5.13 Å². The number of hydrogen-bond donors (Lipinski definition) is 3. The number of thiazole rings is 1. The van der Waals surface area contributed by atoms with Crippen LogP contribution in [0.1, 0.15) is 41.5 Å². The van der Waals surface area contributed by atoms with Crippen molar-refractivity contribution >= 4 is 28.6 Å². The van der Waals surface area contributed by atoms with Crippen LogP contribution >= 0.6 is 11.3 Å². The number of hydrogen-bond acceptors (Lipinski definition) is 5. The molecule has 0 saturated heterocycles. The first-order valence-electron chi connectivity index (χ1n) is 7.47. The highest BCUT2D eigenvalue weighted by Gasteiger charge is 2.31. The van der Waals surface area contributed by atoms with Gasteiger partial charge in [-0.05, 0) is 33.6 Å². The van der Waals surface area contributed by atoms with Crippen LogP contribution in [-0.2, 0) is 4.74 Å². The van der Waals surface area contributed by atoms with Gasteiger partial charge in [-0.3, -0.25) is 5.32 Å². The quantitative estimate of drug-likeness (QED) is 0.766. The molecule has 0 aliphatic rings. The average molecular weight is 342 g/mol. The fourth-order valence-corrected chi connectivity index (χ4v) is 2.16. The number of ether oxygens (including phenoxy) is 1. The summed E-state index contributed by atoms with van der Waals surface area (Å²) >= 11 is 1.34. The molecule has 1 atom stereocenters. The Kier molecular flexibility index (Phi) is 6.37. The van der Waals surface area contributed by atoms with E-state index in [1.54, 1.807) is 32.3 Å². The van der Waals surface area contributed by atoms with Gasteiger partial charge in [0.2, 0.25) is 0 Å². The van der Waals surface area contributed by atoms with Crippen molar-refractivity contribution in [3.8, 4) is 0 Å². The van der Waals surface area contributed by atoms with Crippen molar-refractivity contribution in [1.82, 2.24) is 15.6 Å². The molecule has 0 bridgehead atoms. The number of aromatic nitrogens is 1. The second kappa shape index (κ2) is 7.63. The zero-order valence-electron chi connectivity index (χ0n) is 14.5. The van der Waals surface area contributed by atoms with Crippen LogP contribution in [0.3, 0.4) is 0 Å². The van der Waals surface area contributed by atoms with E-state index in [-0.39, 0.29) is 18.5 Å². The molecule has 0 aliphatic heterocycles. The third kappa shape index (κ3) is 6.85. The molecule has 1 rings (SSSR count). The van der Waals surface area contributed by atoms with Crippen LogP contribution in [0.5, 0.6) is 0 Å². The van der Waals surface area contributed by atoms with Crippen molar-refractivity contribution in [2.45, 2.75) is 52.7 Å². The normalized spacial score (nSPS) is 14.0. The molecule has 7 nitrogen and oxygen atoms in total. The minimum absolute atomic E-state index is 0.0967. The average Bonchev–Trinajstić information content (AvgIpc) is 2.86. The molecule has 0 saturated carbocycles. The summed E-state index contributed by atoms with van der Waals surface area (Å²) in [4.78, 5) is 27.9. The van der Waals surface area contributed by atoms with E-state index in [1.807, 2.05) is 20.8 Å². The summed E-state index contributed by atoms with van der Waals surface area (Å²) < 4.78 is 5.22. The minimum Gasteiger partial charge on any atom is -0.444 e. The number of rotatable bonds is 5. The maximum Gasteiger partial charge on any atom is 0.407 e. The second-order valence-electron chi connectivity index (χ2n) is 6.84. The molecule has 1 unspecified atom stereocenters. The maximum absolute atomic E-state index is 12.1. The fourth-order valence-electron chi connectivity index (χ4n) is 1.64. The lowest BCUT2D eigenvalue weighted by atomic mass is 9.88. The van der Waals surface area contributed by atoms with Gasteiger partial charge in [0, 0.05) is 18.1 Å². The van der Waals surface area contributed by atoms with Gasteiger partial charge in [0.05, 0.1) is 5.54 Å². The van der Waals surface area contributed by atoms with Gasteiger partial charge in [0.1, 0.15) is 5.60 Å². The molecule has 3 N–H and O–H groups in total. The van der Waals surface area contributed by atoms with Gasteiger partial charge < -0.3 is 15.4 Å². The lowest BCUT2D eigenvalue weighted by Crippen LogP contribution is -2.58. The largest absolute Gasteiger partial charge is 0.444 e. The van der Waals surface area contributed by atoms with Crippen LogP contribution in [0, 0.1) is 5.92 Å². The Bertz CT molecular complexity index is 525. The topological polar surface area (TPSA) is 92.4 Å². The van der Waals surface area contributed by atoms with Crippen LogP contribution < -0.4 is 16.0 Å². The van der Waals surface area contributed by atoms with Crippen LogP contribution in [0.25, 0.3) is 0 Å².